The van der Waals surface area contributed by atoms with Crippen LogP contribution in [0.25, 0.3) is 0 Å². The average molecular weight is 443 g/mol. The topological polar surface area (TPSA) is 70.6 Å². The Labute approximate surface area is 163 Å². The van der Waals surface area contributed by atoms with Gasteiger partial charge in [0.15, 0.2) is 0 Å². The highest BCUT2D eigenvalue weighted by Crippen LogP contribution is 2.29. The third-order valence-electron chi connectivity index (χ3n) is 3.11. The monoisotopic (exact) mass is 441 g/mol. The largest absolute Gasteiger partial charge is 0.324 e. The molecular weight excluding hydrogens is 429 g/mol. The summed E-state index contributed by atoms with van der Waals surface area (Å²) in [4.78, 5) is 24.1. The molecule has 2 aromatic rings. The summed E-state index contributed by atoms with van der Waals surface area (Å²) < 4.78 is 0.661. The van der Waals surface area contributed by atoms with Gasteiger partial charge in [-0.3, -0.25) is 9.59 Å². The van der Waals surface area contributed by atoms with Crippen molar-refractivity contribution >= 4 is 62.3 Å². The minimum absolute atomic E-state index is 0.000911. The summed E-state index contributed by atoms with van der Waals surface area (Å²) in [6.07, 6.45) is -0.000911. The lowest BCUT2D eigenvalue weighted by Crippen LogP contribution is -2.21. The Hall–Kier alpha value is -1.89. The molecule has 0 atom stereocenters. The van der Waals surface area contributed by atoms with Gasteiger partial charge in [-0.2, -0.15) is 5.10 Å². The van der Waals surface area contributed by atoms with E-state index in [9.17, 15) is 9.59 Å². The highest BCUT2D eigenvalue weighted by molar-refractivity contribution is 9.10. The van der Waals surface area contributed by atoms with Gasteiger partial charge >= 0.3 is 0 Å². The van der Waals surface area contributed by atoms with E-state index in [1.165, 1.54) is 0 Å². The molecule has 130 valence electrons. The molecule has 0 radical (unpaired) electrons. The lowest BCUT2D eigenvalue weighted by Gasteiger charge is -2.08. The summed E-state index contributed by atoms with van der Waals surface area (Å²) in [6.45, 7) is 1.64. The first-order chi connectivity index (χ1) is 11.9. The van der Waals surface area contributed by atoms with Crippen LogP contribution in [0.4, 0.5) is 5.69 Å². The van der Waals surface area contributed by atoms with Crippen LogP contribution in [0.2, 0.25) is 10.0 Å². The first-order valence-electron chi connectivity index (χ1n) is 7.20. The van der Waals surface area contributed by atoms with Crippen LogP contribution in [0.1, 0.15) is 23.7 Å². The van der Waals surface area contributed by atoms with Gasteiger partial charge in [0.2, 0.25) is 5.91 Å². The van der Waals surface area contributed by atoms with Gasteiger partial charge in [0, 0.05) is 10.2 Å². The zero-order chi connectivity index (χ0) is 18.4. The van der Waals surface area contributed by atoms with Crippen molar-refractivity contribution in [3.05, 3.63) is 62.5 Å². The molecule has 5 nitrogen and oxygen atoms in total. The minimum atomic E-state index is -0.370. The lowest BCUT2D eigenvalue weighted by atomic mass is 10.2. The van der Waals surface area contributed by atoms with Gasteiger partial charge in [-0.1, -0.05) is 41.4 Å². The number of hydrogen-bond donors (Lipinski definition) is 2. The van der Waals surface area contributed by atoms with Crippen molar-refractivity contribution < 1.29 is 9.59 Å². The fraction of sp³-hybridized carbons (Fsp3) is 0.118. The van der Waals surface area contributed by atoms with Gasteiger partial charge < -0.3 is 5.32 Å². The van der Waals surface area contributed by atoms with Gasteiger partial charge in [-0.25, -0.2) is 5.43 Å². The fourth-order valence-electron chi connectivity index (χ4n) is 1.92. The fourth-order valence-corrected chi connectivity index (χ4v) is 2.73. The molecule has 2 N–H and O–H groups in total. The summed E-state index contributed by atoms with van der Waals surface area (Å²) in [6, 6.07) is 11.9. The van der Waals surface area contributed by atoms with Crippen molar-refractivity contribution in [2.24, 2.45) is 5.10 Å². The van der Waals surface area contributed by atoms with Crippen LogP contribution in [0.3, 0.4) is 0 Å². The molecule has 2 amide bonds. The van der Waals surface area contributed by atoms with Crippen LogP contribution < -0.4 is 10.7 Å². The Kier molecular flexibility index (Phi) is 6.99. The molecule has 8 heteroatoms. The normalized spacial score (nSPS) is 11.1. The smallest absolute Gasteiger partial charge is 0.272 e. The molecule has 0 fully saturated rings. The summed E-state index contributed by atoms with van der Waals surface area (Å²) >= 11 is 15.2. The maximum atomic E-state index is 12.0. The predicted octanol–water partition coefficient (Wildman–Crippen LogP) is 4.89. The SMILES string of the molecule is C/C(CC(=O)Nc1cccc(Cl)c1Cl)=N/NC(=O)c1ccccc1Br. The number of nitrogens with zero attached hydrogens (tertiary/aromatic N) is 1. The molecule has 0 aliphatic carbocycles. The summed E-state index contributed by atoms with van der Waals surface area (Å²) in [5.74, 6) is -0.689. The van der Waals surface area contributed by atoms with E-state index < -0.39 is 0 Å². The molecule has 25 heavy (non-hydrogen) atoms. The quantitative estimate of drug-likeness (QED) is 0.511. The van der Waals surface area contributed by atoms with Crippen molar-refractivity contribution in [1.82, 2.24) is 5.43 Å². The lowest BCUT2D eigenvalue weighted by molar-refractivity contribution is -0.115. The first kappa shape index (κ1) is 19.4. The number of carbonyl (C=O) groups is 2. The van der Waals surface area contributed by atoms with Crippen LogP contribution in [-0.2, 0) is 4.79 Å². The number of halogens is 3. The number of anilines is 1. The van der Waals surface area contributed by atoms with Crippen LogP contribution in [-0.4, -0.2) is 17.5 Å². The van der Waals surface area contributed by atoms with E-state index in [0.717, 1.165) is 0 Å². The standard InChI is InChI=1S/C17H14BrCl2N3O2/c1-10(22-23-17(25)11-5-2-3-6-12(11)18)9-15(24)21-14-8-4-7-13(19)16(14)20/h2-8H,9H2,1H3,(H,21,24)(H,23,25)/b22-10-. The molecule has 0 aliphatic rings. The number of hydrogen-bond acceptors (Lipinski definition) is 3. The second-order valence-electron chi connectivity index (χ2n) is 5.09. The number of nitrogens with one attached hydrogen (secondary N) is 2. The molecule has 0 saturated heterocycles. The Balaban J connectivity index is 1.94. The molecule has 0 aliphatic heterocycles. The molecule has 0 unspecified atom stereocenters. The van der Waals surface area contributed by atoms with E-state index in [4.69, 9.17) is 23.2 Å². The van der Waals surface area contributed by atoms with Crippen LogP contribution in [0.15, 0.2) is 52.0 Å². The highest BCUT2D eigenvalue weighted by atomic mass is 79.9. The Morgan fingerprint density at radius 2 is 1.84 bits per heavy atom. The molecule has 0 bridgehead atoms. The van der Waals surface area contributed by atoms with Gasteiger partial charge in [0.05, 0.1) is 27.7 Å². The zero-order valence-corrected chi connectivity index (χ0v) is 16.2. The average Bonchev–Trinajstić information content (AvgIpc) is 2.57. The van der Waals surface area contributed by atoms with Crippen molar-refractivity contribution in [3.63, 3.8) is 0 Å². The third kappa shape index (κ3) is 5.56. The van der Waals surface area contributed by atoms with E-state index >= 15 is 0 Å². The molecule has 2 aromatic carbocycles. The molecule has 0 spiro atoms. The number of amides is 2. The summed E-state index contributed by atoms with van der Waals surface area (Å²) in [5, 5.41) is 7.22. The van der Waals surface area contributed by atoms with E-state index in [1.54, 1.807) is 49.4 Å². The van der Waals surface area contributed by atoms with E-state index in [0.29, 0.717) is 26.5 Å². The maximum absolute atomic E-state index is 12.0. The van der Waals surface area contributed by atoms with Crippen LogP contribution in [0.5, 0.6) is 0 Å². The molecule has 2 rings (SSSR count). The van der Waals surface area contributed by atoms with Crippen molar-refractivity contribution in [2.45, 2.75) is 13.3 Å². The van der Waals surface area contributed by atoms with E-state index in [-0.39, 0.29) is 23.3 Å². The second kappa shape index (κ2) is 8.99. The van der Waals surface area contributed by atoms with Crippen molar-refractivity contribution in [1.29, 1.82) is 0 Å². The number of rotatable bonds is 5. The second-order valence-corrected chi connectivity index (χ2v) is 6.73. The van der Waals surface area contributed by atoms with Crippen molar-refractivity contribution in [3.8, 4) is 0 Å². The zero-order valence-electron chi connectivity index (χ0n) is 13.1. The minimum Gasteiger partial charge on any atom is -0.324 e. The predicted molar refractivity (Wildman–Crippen MR) is 104 cm³/mol. The molecule has 0 heterocycles. The Morgan fingerprint density at radius 3 is 2.56 bits per heavy atom. The Morgan fingerprint density at radius 1 is 1.12 bits per heavy atom. The van der Waals surface area contributed by atoms with Crippen LogP contribution in [0, 0.1) is 0 Å². The Bertz CT molecular complexity index is 840. The van der Waals surface area contributed by atoms with E-state index in [1.807, 2.05) is 0 Å². The molecular formula is C17H14BrCl2N3O2. The third-order valence-corrected chi connectivity index (χ3v) is 4.62. The number of carbonyl (C=O) groups excluding carboxylic acids is 2. The summed E-state index contributed by atoms with van der Waals surface area (Å²) in [7, 11) is 0. The van der Waals surface area contributed by atoms with E-state index in [2.05, 4.69) is 31.8 Å². The van der Waals surface area contributed by atoms with Gasteiger partial charge in [0.25, 0.3) is 5.91 Å². The van der Waals surface area contributed by atoms with Crippen LogP contribution >= 0.6 is 39.1 Å². The molecule has 0 saturated carbocycles. The summed E-state index contributed by atoms with van der Waals surface area (Å²) in [5.41, 5.74) is 3.74. The maximum Gasteiger partial charge on any atom is 0.272 e. The molecule has 0 aromatic heterocycles. The number of benzene rings is 2. The number of hydrazone groups is 1. The van der Waals surface area contributed by atoms with Crippen molar-refractivity contribution in [2.75, 3.05) is 5.32 Å². The van der Waals surface area contributed by atoms with Gasteiger partial charge in [-0.05, 0) is 47.1 Å². The van der Waals surface area contributed by atoms with Gasteiger partial charge in [-0.15, -0.1) is 0 Å². The first-order valence-corrected chi connectivity index (χ1v) is 8.75. The highest BCUT2D eigenvalue weighted by Gasteiger charge is 2.11. The van der Waals surface area contributed by atoms with Gasteiger partial charge in [0.1, 0.15) is 0 Å².